The maximum Gasteiger partial charge on any atom is 0.268 e. The quantitative estimate of drug-likeness (QED) is 0.313. The van der Waals surface area contributed by atoms with Crippen molar-refractivity contribution in [3.8, 4) is 5.75 Å². The molecular formula is C19H20F2N6O2. The lowest BCUT2D eigenvalue weighted by atomic mass is 10.2. The molecule has 0 aliphatic heterocycles. The van der Waals surface area contributed by atoms with E-state index in [0.29, 0.717) is 5.69 Å². The summed E-state index contributed by atoms with van der Waals surface area (Å²) in [6, 6.07) is 7.80. The molecule has 8 nitrogen and oxygen atoms in total. The van der Waals surface area contributed by atoms with Gasteiger partial charge in [-0.2, -0.15) is 0 Å². The van der Waals surface area contributed by atoms with Crippen molar-refractivity contribution in [2.75, 3.05) is 7.11 Å². The highest BCUT2D eigenvalue weighted by atomic mass is 19.1. The molecule has 2 heterocycles. The largest absolute Gasteiger partial charge is 0.494 e. The fraction of sp³-hybridized carbons (Fsp3) is 0.158. The molecule has 1 amide bonds. The second-order valence-corrected chi connectivity index (χ2v) is 6.18. The number of nitrogens with two attached hydrogens (primary N) is 2. The van der Waals surface area contributed by atoms with Gasteiger partial charge >= 0.3 is 0 Å². The Morgan fingerprint density at radius 3 is 2.86 bits per heavy atom. The van der Waals surface area contributed by atoms with Gasteiger partial charge in [0.05, 0.1) is 19.3 Å². The Balaban J connectivity index is 1.62. The van der Waals surface area contributed by atoms with Crippen LogP contribution in [0.15, 0.2) is 54.6 Å². The van der Waals surface area contributed by atoms with Gasteiger partial charge in [0.15, 0.2) is 11.6 Å². The van der Waals surface area contributed by atoms with Crippen LogP contribution in [-0.4, -0.2) is 27.4 Å². The molecule has 0 bridgehead atoms. The predicted octanol–water partition coefficient (Wildman–Crippen LogP) is 1.41. The van der Waals surface area contributed by atoms with Crippen molar-refractivity contribution in [3.05, 3.63) is 77.5 Å². The molecule has 0 aliphatic rings. The number of amides is 1. The number of hydrazine groups is 1. The lowest BCUT2D eigenvalue weighted by molar-refractivity contribution is -0.117. The fourth-order valence-electron chi connectivity index (χ4n) is 2.70. The van der Waals surface area contributed by atoms with Gasteiger partial charge in [0.25, 0.3) is 5.91 Å². The summed E-state index contributed by atoms with van der Waals surface area (Å²) < 4.78 is 34.6. The van der Waals surface area contributed by atoms with Gasteiger partial charge in [0.2, 0.25) is 0 Å². The zero-order valence-electron chi connectivity index (χ0n) is 15.6. The number of carbonyl (C=O) groups is 1. The third-order valence-electron chi connectivity index (χ3n) is 4.12. The number of methoxy groups -OCH3 is 1. The number of hydrogen-bond acceptors (Lipinski definition) is 6. The number of imidazole rings is 1. The molecule has 29 heavy (non-hydrogen) atoms. The molecule has 152 valence electrons. The highest BCUT2D eigenvalue weighted by Gasteiger charge is 2.16. The van der Waals surface area contributed by atoms with Crippen LogP contribution in [0.3, 0.4) is 0 Å². The van der Waals surface area contributed by atoms with Crippen LogP contribution in [0.4, 0.5) is 8.78 Å². The number of halogens is 2. The summed E-state index contributed by atoms with van der Waals surface area (Å²) >= 11 is 0. The van der Waals surface area contributed by atoms with Gasteiger partial charge in [-0.3, -0.25) is 4.79 Å². The Hall–Kier alpha value is -3.66. The smallest absolute Gasteiger partial charge is 0.268 e. The number of ether oxygens (including phenoxy) is 1. The maximum atomic E-state index is 14.1. The summed E-state index contributed by atoms with van der Waals surface area (Å²) in [5.41, 5.74) is 6.60. The summed E-state index contributed by atoms with van der Waals surface area (Å²) in [5.74, 6) is 3.33. The first-order chi connectivity index (χ1) is 13.9. The van der Waals surface area contributed by atoms with Crippen LogP contribution in [0, 0.1) is 11.6 Å². The summed E-state index contributed by atoms with van der Waals surface area (Å²) in [6.07, 6.45) is 4.87. The van der Waals surface area contributed by atoms with Crippen molar-refractivity contribution in [1.29, 1.82) is 0 Å². The Bertz CT molecular complexity index is 1030. The van der Waals surface area contributed by atoms with Crippen LogP contribution in [0.25, 0.3) is 5.65 Å². The van der Waals surface area contributed by atoms with Crippen LogP contribution in [0.2, 0.25) is 0 Å². The van der Waals surface area contributed by atoms with Gasteiger partial charge < -0.3 is 25.2 Å². The molecule has 0 atom stereocenters. The van der Waals surface area contributed by atoms with E-state index < -0.39 is 24.1 Å². The molecule has 3 rings (SSSR count). The molecule has 2 aromatic heterocycles. The second kappa shape index (κ2) is 8.57. The Labute approximate surface area is 165 Å². The molecule has 10 heteroatoms. The molecule has 0 aliphatic carbocycles. The van der Waals surface area contributed by atoms with Crippen molar-refractivity contribution in [1.82, 2.24) is 19.7 Å². The first-order valence-electron chi connectivity index (χ1n) is 8.59. The zero-order chi connectivity index (χ0) is 21.0. The van der Waals surface area contributed by atoms with Gasteiger partial charge in [-0.05, 0) is 24.3 Å². The van der Waals surface area contributed by atoms with E-state index in [0.717, 1.165) is 17.8 Å². The minimum Gasteiger partial charge on any atom is -0.494 e. The van der Waals surface area contributed by atoms with Crippen LogP contribution in [0.5, 0.6) is 5.75 Å². The molecule has 0 radical (unpaired) electrons. The van der Waals surface area contributed by atoms with Gasteiger partial charge in [-0.1, -0.05) is 6.07 Å². The van der Waals surface area contributed by atoms with Crippen LogP contribution >= 0.6 is 0 Å². The fourth-order valence-corrected chi connectivity index (χ4v) is 2.70. The van der Waals surface area contributed by atoms with E-state index in [4.69, 9.17) is 16.3 Å². The predicted molar refractivity (Wildman–Crippen MR) is 102 cm³/mol. The van der Waals surface area contributed by atoms with Gasteiger partial charge in [0.1, 0.15) is 17.2 Å². The Kier molecular flexibility index (Phi) is 5.93. The number of pyridine rings is 1. The van der Waals surface area contributed by atoms with Crippen molar-refractivity contribution in [2.45, 2.75) is 13.1 Å². The summed E-state index contributed by atoms with van der Waals surface area (Å²) in [4.78, 5) is 16.5. The molecule has 3 aromatic rings. The number of hydrogen-bond donors (Lipinski definition) is 3. The summed E-state index contributed by atoms with van der Waals surface area (Å²) in [6.45, 7) is -0.200. The highest BCUT2D eigenvalue weighted by molar-refractivity contribution is 5.92. The van der Waals surface area contributed by atoms with Gasteiger partial charge in [-0.15, -0.1) is 0 Å². The Morgan fingerprint density at radius 1 is 1.34 bits per heavy atom. The first-order valence-corrected chi connectivity index (χ1v) is 8.59. The van der Waals surface area contributed by atoms with Crippen molar-refractivity contribution in [3.63, 3.8) is 0 Å². The molecule has 0 fully saturated rings. The monoisotopic (exact) mass is 402 g/mol. The van der Waals surface area contributed by atoms with Gasteiger partial charge in [-0.25, -0.2) is 19.6 Å². The molecule has 0 saturated heterocycles. The van der Waals surface area contributed by atoms with E-state index in [2.05, 4.69) is 10.3 Å². The van der Waals surface area contributed by atoms with Crippen molar-refractivity contribution in [2.24, 2.45) is 11.6 Å². The molecular weight excluding hydrogens is 382 g/mol. The number of benzene rings is 1. The van der Waals surface area contributed by atoms with Crippen molar-refractivity contribution < 1.29 is 18.3 Å². The molecule has 0 spiro atoms. The van der Waals surface area contributed by atoms with Gasteiger partial charge in [0, 0.05) is 30.7 Å². The number of carbonyl (C=O) groups excluding carboxylic acids is 1. The number of aromatic nitrogens is 2. The first kappa shape index (κ1) is 20.1. The normalized spacial score (nSPS) is 11.5. The number of nitrogens with one attached hydrogen (secondary N) is 1. The van der Waals surface area contributed by atoms with E-state index in [1.54, 1.807) is 6.20 Å². The lowest BCUT2D eigenvalue weighted by Crippen LogP contribution is -2.33. The highest BCUT2D eigenvalue weighted by Crippen LogP contribution is 2.22. The third kappa shape index (κ3) is 4.61. The van der Waals surface area contributed by atoms with E-state index in [1.165, 1.54) is 18.3 Å². The third-order valence-corrected chi connectivity index (χ3v) is 4.12. The standard InChI is InChI=1S/C19H20F2N6O2/c1-29-16-6-5-14(20)13(18(16)21)8-24-19(28)15(22)11-27(23)10-12-9-26-7-3-2-4-17(26)25-12/h2-7,9,11H,8,10,22-23H2,1H3,(H,24,28)/b15-11-. The molecule has 5 N–H and O–H groups in total. The lowest BCUT2D eigenvalue weighted by Gasteiger charge is -2.14. The number of fused-ring (bicyclic) bond motifs is 1. The maximum absolute atomic E-state index is 14.1. The minimum absolute atomic E-state index is 0.125. The summed E-state index contributed by atoms with van der Waals surface area (Å²) in [7, 11) is 1.26. The van der Waals surface area contributed by atoms with E-state index in [-0.39, 0.29) is 23.6 Å². The van der Waals surface area contributed by atoms with E-state index in [9.17, 15) is 13.6 Å². The number of rotatable bonds is 7. The molecule has 0 saturated carbocycles. The Morgan fingerprint density at radius 2 is 2.14 bits per heavy atom. The van der Waals surface area contributed by atoms with E-state index in [1.807, 2.05) is 28.8 Å². The van der Waals surface area contributed by atoms with Crippen molar-refractivity contribution >= 4 is 11.6 Å². The SMILES string of the molecule is COc1ccc(F)c(CNC(=O)/C(N)=C/N(N)Cc2cn3ccccc3n2)c1F. The molecule has 0 unspecified atom stereocenters. The topological polar surface area (TPSA) is 111 Å². The average Bonchev–Trinajstić information content (AvgIpc) is 3.09. The van der Waals surface area contributed by atoms with Crippen LogP contribution < -0.4 is 21.6 Å². The average molecular weight is 402 g/mol. The minimum atomic E-state index is -0.886. The summed E-state index contributed by atoms with van der Waals surface area (Å²) in [5, 5.41) is 3.55. The van der Waals surface area contributed by atoms with Crippen LogP contribution in [-0.2, 0) is 17.9 Å². The number of nitrogens with zero attached hydrogens (tertiary/aromatic N) is 3. The zero-order valence-corrected chi connectivity index (χ0v) is 15.6. The van der Waals surface area contributed by atoms with E-state index >= 15 is 0 Å². The second-order valence-electron chi connectivity index (χ2n) is 6.18. The van der Waals surface area contributed by atoms with Crippen LogP contribution in [0.1, 0.15) is 11.3 Å². The molecule has 1 aromatic carbocycles.